The highest BCUT2D eigenvalue weighted by Gasteiger charge is 2.65. The van der Waals surface area contributed by atoms with Gasteiger partial charge in [-0.15, -0.1) is 11.3 Å². The molecule has 1 spiro atoms. The van der Waals surface area contributed by atoms with Gasteiger partial charge in [0.25, 0.3) is 0 Å². The van der Waals surface area contributed by atoms with Crippen molar-refractivity contribution >= 4 is 77.4 Å². The van der Waals surface area contributed by atoms with Crippen molar-refractivity contribution in [1.82, 2.24) is 10.3 Å². The summed E-state index contributed by atoms with van der Waals surface area (Å²) in [6.45, 7) is 3.47. The van der Waals surface area contributed by atoms with Crippen molar-refractivity contribution in [3.63, 3.8) is 0 Å². The topological polar surface area (TPSA) is 134 Å². The molecular formula is C22H25IN2O6S3. The van der Waals surface area contributed by atoms with Crippen LogP contribution in [0.5, 0.6) is 0 Å². The largest absolute Gasteiger partial charge is 0.381 e. The molecule has 12 heteroatoms. The maximum Gasteiger partial charge on any atom is 0.235 e. The molecule has 0 radical (unpaired) electrons. The number of rotatable bonds is 1. The van der Waals surface area contributed by atoms with Gasteiger partial charge in [0.15, 0.2) is 11.4 Å². The summed E-state index contributed by atoms with van der Waals surface area (Å²) in [6.07, 6.45) is 6.11. The standard InChI is InChI=1S/C22H25IN2O6S3/c1-13-7-8-21(22(30,12-23)20(29)33-34(21)31)10-18(28)24-14(2)19-25-15(11-32-19)5-3-4-6-16(26)17(27)9-13/h3-6,9,11,14,17,27,30H,7-8,10,12H2,1-2H3,(H,24,28)/b5-3-,6-4+,13-9+. The number of thiazole rings is 1. The zero-order valence-electron chi connectivity index (χ0n) is 18.5. The zero-order valence-corrected chi connectivity index (χ0v) is 23.1. The Kier molecular flexibility index (Phi) is 9.06. The van der Waals surface area contributed by atoms with Crippen LogP contribution < -0.4 is 5.32 Å². The first-order valence-corrected chi connectivity index (χ1v) is 15.3. The van der Waals surface area contributed by atoms with Gasteiger partial charge in [0, 0.05) is 27.0 Å². The van der Waals surface area contributed by atoms with Crippen LogP contribution in [0.3, 0.4) is 0 Å². The predicted molar refractivity (Wildman–Crippen MR) is 143 cm³/mol. The van der Waals surface area contributed by atoms with E-state index in [2.05, 4.69) is 10.3 Å². The van der Waals surface area contributed by atoms with Crippen molar-refractivity contribution in [2.75, 3.05) is 4.43 Å². The Bertz CT molecular complexity index is 1100. The van der Waals surface area contributed by atoms with E-state index in [1.807, 2.05) is 22.6 Å². The third-order valence-electron chi connectivity index (χ3n) is 5.78. The van der Waals surface area contributed by atoms with Crippen LogP contribution in [-0.4, -0.2) is 57.1 Å². The molecule has 0 aliphatic carbocycles. The molecule has 0 saturated carbocycles. The van der Waals surface area contributed by atoms with Crippen LogP contribution in [0.1, 0.15) is 49.9 Å². The number of hydrogen-bond donors (Lipinski definition) is 3. The molecule has 1 saturated heterocycles. The third kappa shape index (κ3) is 5.62. The van der Waals surface area contributed by atoms with Crippen molar-refractivity contribution in [3.05, 3.63) is 46.0 Å². The molecule has 1 aromatic rings. The molecule has 2 aliphatic heterocycles. The molecule has 2 aliphatic rings. The number of carbonyl (C=O) groups is 3. The number of halogens is 1. The number of aliphatic hydroxyl groups excluding tert-OH is 1. The number of aromatic nitrogens is 1. The normalized spacial score (nSPS) is 36.9. The number of nitrogens with one attached hydrogen (secondary N) is 1. The van der Waals surface area contributed by atoms with Gasteiger partial charge in [0.2, 0.25) is 11.0 Å². The molecule has 3 rings (SSSR count). The molecule has 1 fully saturated rings. The Morgan fingerprint density at radius 1 is 1.29 bits per heavy atom. The lowest BCUT2D eigenvalue weighted by molar-refractivity contribution is -0.131. The lowest BCUT2D eigenvalue weighted by atomic mass is 9.81. The van der Waals surface area contributed by atoms with E-state index >= 15 is 0 Å². The van der Waals surface area contributed by atoms with Gasteiger partial charge in [-0.2, -0.15) is 0 Å². The second kappa shape index (κ2) is 11.2. The number of nitrogens with zero attached hydrogens (tertiary/aromatic N) is 1. The van der Waals surface area contributed by atoms with Gasteiger partial charge in [-0.1, -0.05) is 40.3 Å². The van der Waals surface area contributed by atoms with E-state index in [0.717, 1.165) is 0 Å². The summed E-state index contributed by atoms with van der Waals surface area (Å²) >= 11 is 3.22. The van der Waals surface area contributed by atoms with Gasteiger partial charge in [0.05, 0.1) is 21.6 Å². The van der Waals surface area contributed by atoms with E-state index in [9.17, 15) is 28.8 Å². The molecule has 1 aromatic heterocycles. The van der Waals surface area contributed by atoms with E-state index in [0.29, 0.717) is 27.1 Å². The highest BCUT2D eigenvalue weighted by atomic mass is 127. The summed E-state index contributed by atoms with van der Waals surface area (Å²) in [5.74, 6) is -0.960. The molecule has 2 bridgehead atoms. The summed E-state index contributed by atoms with van der Waals surface area (Å²) in [5.41, 5.74) is -0.698. The molecule has 8 nitrogen and oxygen atoms in total. The quantitative estimate of drug-likeness (QED) is 0.186. The second-order valence-corrected chi connectivity index (χ2v) is 13.1. The first-order valence-electron chi connectivity index (χ1n) is 10.4. The average molecular weight is 637 g/mol. The van der Waals surface area contributed by atoms with Crippen molar-refractivity contribution in [2.45, 2.75) is 55.6 Å². The van der Waals surface area contributed by atoms with E-state index < -0.39 is 49.1 Å². The molecule has 5 unspecified atom stereocenters. The Balaban J connectivity index is 2.02. The first-order chi connectivity index (χ1) is 16.0. The first kappa shape index (κ1) is 27.4. The van der Waals surface area contributed by atoms with E-state index in [-0.39, 0.29) is 23.7 Å². The SMILES string of the molecule is C/C1=C\C(O)C(=O)/C=C/C=C\c2csc(n2)C(C)NC(=O)CC2(CC1)S(=O)SC(=O)C2(O)CI. The van der Waals surface area contributed by atoms with Crippen LogP contribution in [0.25, 0.3) is 6.08 Å². The summed E-state index contributed by atoms with van der Waals surface area (Å²) in [7, 11) is -1.31. The van der Waals surface area contributed by atoms with Gasteiger partial charge in [0.1, 0.15) is 15.9 Å². The molecule has 1 amide bonds. The van der Waals surface area contributed by atoms with Crippen LogP contribution in [0.4, 0.5) is 0 Å². The Morgan fingerprint density at radius 3 is 2.71 bits per heavy atom. The summed E-state index contributed by atoms with van der Waals surface area (Å²) < 4.78 is 11.6. The van der Waals surface area contributed by atoms with Gasteiger partial charge < -0.3 is 15.5 Å². The van der Waals surface area contributed by atoms with Crippen molar-refractivity contribution in [3.8, 4) is 0 Å². The molecule has 5 atom stereocenters. The summed E-state index contributed by atoms with van der Waals surface area (Å²) in [4.78, 5) is 42.4. The highest BCUT2D eigenvalue weighted by Crippen LogP contribution is 2.51. The van der Waals surface area contributed by atoms with Crippen LogP contribution in [0.2, 0.25) is 0 Å². The molecule has 3 heterocycles. The number of alkyl halides is 1. The number of carbonyl (C=O) groups excluding carboxylic acids is 3. The lowest BCUT2D eigenvalue weighted by Gasteiger charge is -2.37. The van der Waals surface area contributed by atoms with Crippen LogP contribution in [-0.2, 0) is 24.2 Å². The minimum atomic E-state index is -1.96. The van der Waals surface area contributed by atoms with Gasteiger partial charge in [-0.05, 0) is 44.9 Å². The number of amides is 1. The fraction of sp³-hybridized carbons (Fsp3) is 0.455. The Labute approximate surface area is 221 Å². The van der Waals surface area contributed by atoms with Crippen molar-refractivity contribution in [2.24, 2.45) is 0 Å². The predicted octanol–water partition coefficient (Wildman–Crippen LogP) is 2.79. The number of ketones is 1. The van der Waals surface area contributed by atoms with E-state index in [1.165, 1.54) is 29.6 Å². The highest BCUT2D eigenvalue weighted by molar-refractivity contribution is 14.1. The van der Waals surface area contributed by atoms with Crippen LogP contribution >= 0.6 is 44.7 Å². The fourth-order valence-electron chi connectivity index (χ4n) is 3.73. The van der Waals surface area contributed by atoms with Crippen molar-refractivity contribution < 1.29 is 28.8 Å². The second-order valence-electron chi connectivity index (χ2n) is 8.25. The average Bonchev–Trinajstić information content (AvgIpc) is 3.32. The molecule has 3 N–H and O–H groups in total. The number of allylic oxidation sites excluding steroid dienone is 3. The minimum absolute atomic E-state index is 0.0258. The van der Waals surface area contributed by atoms with Gasteiger partial charge >= 0.3 is 0 Å². The lowest BCUT2D eigenvalue weighted by Crippen LogP contribution is -2.58. The Hall–Kier alpha value is -1.19. The molecule has 184 valence electrons. The number of hydrogen-bond acceptors (Lipinski definition) is 9. The Morgan fingerprint density at radius 2 is 2.00 bits per heavy atom. The van der Waals surface area contributed by atoms with Gasteiger partial charge in [-0.3, -0.25) is 14.4 Å². The number of fused-ring (bicyclic) bond motifs is 2. The smallest absolute Gasteiger partial charge is 0.235 e. The molecular weight excluding hydrogens is 611 g/mol. The van der Waals surface area contributed by atoms with Crippen molar-refractivity contribution in [1.29, 1.82) is 0 Å². The molecule has 0 aromatic carbocycles. The maximum absolute atomic E-state index is 13.2. The fourth-order valence-corrected chi connectivity index (χ4v) is 9.99. The van der Waals surface area contributed by atoms with Crippen LogP contribution in [0, 0.1) is 0 Å². The number of aliphatic hydroxyl groups is 2. The van der Waals surface area contributed by atoms with Gasteiger partial charge in [-0.25, -0.2) is 9.19 Å². The van der Waals surface area contributed by atoms with E-state index in [1.54, 1.807) is 31.4 Å². The third-order valence-corrected chi connectivity index (χ3v) is 11.8. The minimum Gasteiger partial charge on any atom is -0.381 e. The molecule has 34 heavy (non-hydrogen) atoms. The summed E-state index contributed by atoms with van der Waals surface area (Å²) in [6, 6.07) is -0.435. The zero-order chi connectivity index (χ0) is 25.1. The van der Waals surface area contributed by atoms with E-state index in [4.69, 9.17) is 0 Å². The van der Waals surface area contributed by atoms with Crippen LogP contribution in [0.15, 0.2) is 35.3 Å². The summed E-state index contributed by atoms with van der Waals surface area (Å²) in [5, 5.41) is 26.2. The monoisotopic (exact) mass is 636 g/mol. The maximum atomic E-state index is 13.2.